The summed E-state index contributed by atoms with van der Waals surface area (Å²) >= 11 is 0. The lowest BCUT2D eigenvalue weighted by molar-refractivity contribution is 0.0711. The van der Waals surface area contributed by atoms with Gasteiger partial charge in [-0.25, -0.2) is 9.99 Å². The second-order valence-corrected chi connectivity index (χ2v) is 6.85. The zero-order valence-electron chi connectivity index (χ0n) is 15.4. The number of amides is 1. The van der Waals surface area contributed by atoms with Gasteiger partial charge in [-0.15, -0.1) is 0 Å². The number of hydrogen-bond donors (Lipinski definition) is 2. The van der Waals surface area contributed by atoms with Crippen molar-refractivity contribution in [3.8, 4) is 5.75 Å². The molecule has 29 heavy (non-hydrogen) atoms. The topological polar surface area (TPSA) is 94.5 Å². The van der Waals surface area contributed by atoms with Crippen molar-refractivity contribution >= 4 is 22.7 Å². The Hall–Kier alpha value is -4.00. The number of rotatable bonds is 3. The van der Waals surface area contributed by atoms with Gasteiger partial charge in [0.1, 0.15) is 11.5 Å². The molecule has 3 heterocycles. The number of aromatic amines is 1. The molecule has 7 heteroatoms. The maximum atomic E-state index is 13.2. The minimum atomic E-state index is -0.342. The van der Waals surface area contributed by atoms with Crippen LogP contribution in [-0.2, 0) is 0 Å². The molecule has 1 unspecified atom stereocenters. The third-order valence-electron chi connectivity index (χ3n) is 4.96. The van der Waals surface area contributed by atoms with Crippen molar-refractivity contribution < 1.29 is 9.90 Å². The Kier molecular flexibility index (Phi) is 4.05. The van der Waals surface area contributed by atoms with E-state index < -0.39 is 0 Å². The molecule has 0 bridgehead atoms. The van der Waals surface area contributed by atoms with Crippen LogP contribution in [0.15, 0.2) is 78.2 Å². The highest BCUT2D eigenvalue weighted by atomic mass is 16.3. The average molecular weight is 383 g/mol. The van der Waals surface area contributed by atoms with Crippen LogP contribution in [-0.4, -0.2) is 36.7 Å². The van der Waals surface area contributed by atoms with Gasteiger partial charge in [-0.2, -0.15) is 5.10 Å². The van der Waals surface area contributed by atoms with Gasteiger partial charge >= 0.3 is 0 Å². The number of benzene rings is 2. The summed E-state index contributed by atoms with van der Waals surface area (Å²) in [5.41, 5.74) is 3.76. The summed E-state index contributed by atoms with van der Waals surface area (Å²) in [6.45, 7) is 0. The lowest BCUT2D eigenvalue weighted by atomic mass is 10.0. The quantitative estimate of drug-likeness (QED) is 0.564. The van der Waals surface area contributed by atoms with Gasteiger partial charge in [-0.3, -0.25) is 9.78 Å². The minimum Gasteiger partial charge on any atom is -0.508 e. The summed E-state index contributed by atoms with van der Waals surface area (Å²) in [6.07, 6.45) is 3.65. The molecule has 5 rings (SSSR count). The number of nitrogens with one attached hydrogen (secondary N) is 1. The monoisotopic (exact) mass is 383 g/mol. The van der Waals surface area contributed by atoms with Crippen LogP contribution in [0.3, 0.4) is 0 Å². The first kappa shape index (κ1) is 17.1. The molecule has 2 N–H and O–H groups in total. The third kappa shape index (κ3) is 3.12. The smallest absolute Gasteiger partial charge is 0.274 e. The highest BCUT2D eigenvalue weighted by Gasteiger charge is 2.34. The van der Waals surface area contributed by atoms with Crippen molar-refractivity contribution in [2.75, 3.05) is 0 Å². The van der Waals surface area contributed by atoms with Gasteiger partial charge in [0.2, 0.25) is 0 Å². The Morgan fingerprint density at radius 3 is 2.69 bits per heavy atom. The van der Waals surface area contributed by atoms with Gasteiger partial charge in [-0.1, -0.05) is 24.3 Å². The second kappa shape index (κ2) is 6.87. The molecule has 0 saturated carbocycles. The molecule has 1 aliphatic heterocycles. The molecular weight excluding hydrogens is 366 g/mol. The summed E-state index contributed by atoms with van der Waals surface area (Å²) in [4.78, 5) is 25.0. The number of pyridine rings is 1. The highest BCUT2D eigenvalue weighted by molar-refractivity contribution is 6.04. The van der Waals surface area contributed by atoms with Gasteiger partial charge in [0.05, 0.1) is 17.1 Å². The van der Waals surface area contributed by atoms with E-state index in [1.54, 1.807) is 42.7 Å². The lowest BCUT2D eigenvalue weighted by Crippen LogP contribution is -2.27. The van der Waals surface area contributed by atoms with Crippen LogP contribution < -0.4 is 0 Å². The van der Waals surface area contributed by atoms with Crippen LogP contribution in [0.25, 0.3) is 11.0 Å². The summed E-state index contributed by atoms with van der Waals surface area (Å²) in [6, 6.07) is 17.6. The zero-order valence-corrected chi connectivity index (χ0v) is 15.4. The molecule has 2 aromatic carbocycles. The minimum absolute atomic E-state index is 0.149. The van der Waals surface area contributed by atoms with E-state index in [9.17, 15) is 9.90 Å². The molecule has 0 fully saturated rings. The maximum absolute atomic E-state index is 13.2. The van der Waals surface area contributed by atoms with E-state index >= 15 is 0 Å². The summed E-state index contributed by atoms with van der Waals surface area (Å²) in [7, 11) is 0. The van der Waals surface area contributed by atoms with E-state index in [4.69, 9.17) is 0 Å². The number of phenols is 1. The van der Waals surface area contributed by atoms with Crippen LogP contribution in [0, 0.1) is 0 Å². The van der Waals surface area contributed by atoms with E-state index in [2.05, 4.69) is 20.1 Å². The molecule has 0 aliphatic carbocycles. The number of carbonyl (C=O) groups excluding carboxylic acids is 1. The number of para-hydroxylation sites is 2. The van der Waals surface area contributed by atoms with Crippen LogP contribution in [0.2, 0.25) is 0 Å². The predicted octanol–water partition coefficient (Wildman–Crippen LogP) is 3.66. The molecule has 1 aliphatic rings. The lowest BCUT2D eigenvalue weighted by Gasteiger charge is -2.22. The fourth-order valence-electron chi connectivity index (χ4n) is 3.55. The molecule has 2 aromatic heterocycles. The number of imidazole rings is 1. The predicted molar refractivity (Wildman–Crippen MR) is 109 cm³/mol. The number of phenolic OH excluding ortho intramolecular Hbond substituents is 1. The SMILES string of the molecule is O=C(c1ccncc1)N1N=C(c2nc3ccccc3[nH]2)CC1c1cccc(O)c1. The van der Waals surface area contributed by atoms with Gasteiger partial charge in [-0.05, 0) is 42.0 Å². The van der Waals surface area contributed by atoms with E-state index in [0.717, 1.165) is 16.6 Å². The van der Waals surface area contributed by atoms with Crippen molar-refractivity contribution in [2.24, 2.45) is 5.10 Å². The Bertz CT molecular complexity index is 1200. The Morgan fingerprint density at radius 2 is 1.90 bits per heavy atom. The highest BCUT2D eigenvalue weighted by Crippen LogP contribution is 2.34. The molecule has 142 valence electrons. The first-order valence-corrected chi connectivity index (χ1v) is 9.24. The molecule has 4 aromatic rings. The first-order chi connectivity index (χ1) is 14.2. The zero-order chi connectivity index (χ0) is 19.8. The van der Waals surface area contributed by atoms with Crippen LogP contribution in [0.1, 0.15) is 34.2 Å². The van der Waals surface area contributed by atoms with Crippen molar-refractivity contribution in [1.29, 1.82) is 0 Å². The number of carbonyl (C=O) groups is 1. The molecule has 0 spiro atoms. The van der Waals surface area contributed by atoms with Crippen molar-refractivity contribution in [3.05, 3.63) is 90.0 Å². The number of hydrogen-bond acceptors (Lipinski definition) is 5. The second-order valence-electron chi connectivity index (χ2n) is 6.85. The largest absolute Gasteiger partial charge is 0.508 e. The number of aromatic hydroxyl groups is 1. The fourth-order valence-corrected chi connectivity index (χ4v) is 3.55. The Balaban J connectivity index is 1.57. The normalized spacial score (nSPS) is 16.2. The van der Waals surface area contributed by atoms with Crippen LogP contribution in [0.5, 0.6) is 5.75 Å². The number of nitrogens with zero attached hydrogens (tertiary/aromatic N) is 4. The molecule has 1 atom stereocenters. The molecule has 0 saturated heterocycles. The van der Waals surface area contributed by atoms with Crippen LogP contribution in [0.4, 0.5) is 0 Å². The molecule has 0 radical (unpaired) electrons. The van der Waals surface area contributed by atoms with Crippen molar-refractivity contribution in [1.82, 2.24) is 20.0 Å². The van der Waals surface area contributed by atoms with E-state index in [1.165, 1.54) is 5.01 Å². The standard InChI is InChI=1S/C22H17N5O2/c28-16-5-3-4-15(12-16)20-13-19(21-24-17-6-1-2-7-18(17)25-21)26-27(20)22(29)14-8-10-23-11-9-14/h1-12,20,28H,13H2,(H,24,25). The van der Waals surface area contributed by atoms with Crippen molar-refractivity contribution in [3.63, 3.8) is 0 Å². The third-order valence-corrected chi connectivity index (χ3v) is 4.96. The Labute approximate surface area is 166 Å². The fraction of sp³-hybridized carbons (Fsp3) is 0.0909. The summed E-state index contributed by atoms with van der Waals surface area (Å²) in [5, 5.41) is 16.0. The summed E-state index contributed by atoms with van der Waals surface area (Å²) < 4.78 is 0. The van der Waals surface area contributed by atoms with Gasteiger partial charge in [0.15, 0.2) is 5.82 Å². The van der Waals surface area contributed by atoms with Gasteiger partial charge in [0.25, 0.3) is 5.91 Å². The van der Waals surface area contributed by atoms with Crippen molar-refractivity contribution in [2.45, 2.75) is 12.5 Å². The number of hydrazone groups is 1. The first-order valence-electron chi connectivity index (χ1n) is 9.24. The van der Waals surface area contributed by atoms with Gasteiger partial charge < -0.3 is 10.1 Å². The maximum Gasteiger partial charge on any atom is 0.274 e. The summed E-state index contributed by atoms with van der Waals surface area (Å²) in [5.74, 6) is 0.559. The van der Waals surface area contributed by atoms with E-state index in [1.807, 2.05) is 30.3 Å². The Morgan fingerprint density at radius 1 is 1.07 bits per heavy atom. The molecule has 1 amide bonds. The average Bonchev–Trinajstić information content (AvgIpc) is 3.38. The number of aromatic nitrogens is 3. The van der Waals surface area contributed by atoms with Crippen LogP contribution >= 0.6 is 0 Å². The van der Waals surface area contributed by atoms with E-state index in [0.29, 0.717) is 23.5 Å². The molecular formula is C22H17N5O2. The van der Waals surface area contributed by atoms with Gasteiger partial charge in [0, 0.05) is 24.4 Å². The number of H-pyrrole nitrogens is 1. The molecule has 7 nitrogen and oxygen atoms in total. The number of fused-ring (bicyclic) bond motifs is 1. The van der Waals surface area contributed by atoms with E-state index in [-0.39, 0.29) is 17.7 Å².